The first-order valence-electron chi connectivity index (χ1n) is 5.62. The van der Waals surface area contributed by atoms with Crippen molar-refractivity contribution in [3.63, 3.8) is 0 Å². The second-order valence-electron chi connectivity index (χ2n) is 3.57. The van der Waals surface area contributed by atoms with Gasteiger partial charge in [0.25, 0.3) is 0 Å². The highest BCUT2D eigenvalue weighted by molar-refractivity contribution is 14.0. The normalized spacial score (nSPS) is 10.9. The lowest BCUT2D eigenvalue weighted by Gasteiger charge is -2.09. The molecule has 1 aromatic heterocycles. The van der Waals surface area contributed by atoms with Crippen molar-refractivity contribution in [3.8, 4) is 0 Å². The SMILES string of the molecule is CCCCNC(=NC)NCc1ncc(C)s1.I. The van der Waals surface area contributed by atoms with Crippen LogP contribution in [-0.2, 0) is 6.54 Å². The van der Waals surface area contributed by atoms with Crippen molar-refractivity contribution in [2.75, 3.05) is 13.6 Å². The zero-order chi connectivity index (χ0) is 11.8. The van der Waals surface area contributed by atoms with Crippen molar-refractivity contribution in [1.82, 2.24) is 15.6 Å². The molecule has 0 amide bonds. The standard InChI is InChI=1S/C11H20N4S.HI/c1-4-5-6-13-11(12-3)15-8-10-14-7-9(2)16-10;/h7H,4-6,8H2,1-3H3,(H2,12,13,15);1H. The number of halogens is 1. The van der Waals surface area contributed by atoms with E-state index in [1.807, 2.05) is 6.20 Å². The second kappa shape index (κ2) is 9.64. The molecule has 0 saturated heterocycles. The van der Waals surface area contributed by atoms with E-state index >= 15 is 0 Å². The number of nitrogens with zero attached hydrogens (tertiary/aromatic N) is 2. The Balaban J connectivity index is 0.00000256. The number of guanidine groups is 1. The minimum Gasteiger partial charge on any atom is -0.356 e. The molecule has 0 fully saturated rings. The van der Waals surface area contributed by atoms with E-state index in [1.165, 1.54) is 11.3 Å². The van der Waals surface area contributed by atoms with E-state index in [2.05, 4.69) is 34.5 Å². The molecule has 0 spiro atoms. The highest BCUT2D eigenvalue weighted by Gasteiger charge is 2.00. The van der Waals surface area contributed by atoms with Gasteiger partial charge in [-0.15, -0.1) is 35.3 Å². The van der Waals surface area contributed by atoms with Crippen LogP contribution in [0, 0.1) is 6.92 Å². The lowest BCUT2D eigenvalue weighted by atomic mass is 10.3. The van der Waals surface area contributed by atoms with Gasteiger partial charge in [-0.2, -0.15) is 0 Å². The van der Waals surface area contributed by atoms with Gasteiger partial charge in [0.05, 0.1) is 6.54 Å². The number of nitrogens with one attached hydrogen (secondary N) is 2. The predicted molar refractivity (Wildman–Crippen MR) is 85.4 cm³/mol. The van der Waals surface area contributed by atoms with Gasteiger partial charge >= 0.3 is 0 Å². The summed E-state index contributed by atoms with van der Waals surface area (Å²) in [6, 6.07) is 0. The maximum absolute atomic E-state index is 4.29. The molecule has 98 valence electrons. The largest absolute Gasteiger partial charge is 0.356 e. The molecule has 0 atom stereocenters. The maximum atomic E-state index is 4.29. The monoisotopic (exact) mass is 368 g/mol. The highest BCUT2D eigenvalue weighted by atomic mass is 127. The Morgan fingerprint density at radius 1 is 1.47 bits per heavy atom. The number of thiazole rings is 1. The summed E-state index contributed by atoms with van der Waals surface area (Å²) in [5.74, 6) is 0.848. The summed E-state index contributed by atoms with van der Waals surface area (Å²) in [6.45, 7) is 5.95. The van der Waals surface area contributed by atoms with Gasteiger partial charge in [-0.05, 0) is 13.3 Å². The number of aromatic nitrogens is 1. The van der Waals surface area contributed by atoms with Crippen LogP contribution >= 0.6 is 35.3 Å². The molecule has 0 saturated carbocycles. The molecule has 0 aliphatic heterocycles. The molecule has 0 radical (unpaired) electrons. The van der Waals surface area contributed by atoms with Gasteiger partial charge in [0.15, 0.2) is 5.96 Å². The van der Waals surface area contributed by atoms with Gasteiger partial charge in [0.1, 0.15) is 5.01 Å². The van der Waals surface area contributed by atoms with Crippen LogP contribution in [0.3, 0.4) is 0 Å². The topological polar surface area (TPSA) is 49.3 Å². The molecule has 17 heavy (non-hydrogen) atoms. The Hall–Kier alpha value is -0.370. The minimum atomic E-state index is 0. The molecule has 1 rings (SSSR count). The van der Waals surface area contributed by atoms with E-state index in [9.17, 15) is 0 Å². The molecule has 0 unspecified atom stereocenters. The van der Waals surface area contributed by atoms with Crippen LogP contribution in [-0.4, -0.2) is 24.5 Å². The van der Waals surface area contributed by atoms with Crippen molar-refractivity contribution < 1.29 is 0 Å². The van der Waals surface area contributed by atoms with Crippen LogP contribution in [0.15, 0.2) is 11.2 Å². The van der Waals surface area contributed by atoms with Gasteiger partial charge in [-0.3, -0.25) is 4.99 Å². The van der Waals surface area contributed by atoms with Crippen LogP contribution in [0.2, 0.25) is 0 Å². The van der Waals surface area contributed by atoms with E-state index < -0.39 is 0 Å². The third kappa shape index (κ3) is 6.82. The second-order valence-corrected chi connectivity index (χ2v) is 4.89. The minimum absolute atomic E-state index is 0. The van der Waals surface area contributed by atoms with Crippen molar-refractivity contribution in [2.45, 2.75) is 33.2 Å². The molecule has 0 bridgehead atoms. The third-order valence-corrected chi connectivity index (χ3v) is 3.04. The van der Waals surface area contributed by atoms with Crippen molar-refractivity contribution in [3.05, 3.63) is 16.1 Å². The van der Waals surface area contributed by atoms with E-state index in [1.54, 1.807) is 18.4 Å². The van der Waals surface area contributed by atoms with Crippen LogP contribution in [0.4, 0.5) is 0 Å². The lowest BCUT2D eigenvalue weighted by Crippen LogP contribution is -2.37. The van der Waals surface area contributed by atoms with E-state index in [0.29, 0.717) is 0 Å². The van der Waals surface area contributed by atoms with Crippen molar-refractivity contribution >= 4 is 41.3 Å². The lowest BCUT2D eigenvalue weighted by molar-refractivity contribution is 0.728. The molecular weight excluding hydrogens is 347 g/mol. The zero-order valence-electron chi connectivity index (χ0n) is 10.6. The maximum Gasteiger partial charge on any atom is 0.191 e. The molecule has 0 aliphatic rings. The number of hydrogen-bond donors (Lipinski definition) is 2. The summed E-state index contributed by atoms with van der Waals surface area (Å²) in [5.41, 5.74) is 0. The number of aliphatic imine (C=N–C) groups is 1. The average Bonchev–Trinajstić information content (AvgIpc) is 2.69. The molecule has 2 N–H and O–H groups in total. The van der Waals surface area contributed by atoms with Crippen LogP contribution in [0.25, 0.3) is 0 Å². The first-order chi connectivity index (χ1) is 7.76. The molecule has 0 aromatic carbocycles. The first kappa shape index (κ1) is 16.6. The molecule has 1 heterocycles. The summed E-state index contributed by atoms with van der Waals surface area (Å²) >= 11 is 1.71. The summed E-state index contributed by atoms with van der Waals surface area (Å²) in [7, 11) is 1.79. The molecule has 0 aliphatic carbocycles. The first-order valence-corrected chi connectivity index (χ1v) is 6.43. The van der Waals surface area contributed by atoms with E-state index in [4.69, 9.17) is 0 Å². The van der Waals surface area contributed by atoms with Crippen molar-refractivity contribution in [2.24, 2.45) is 4.99 Å². The van der Waals surface area contributed by atoms with Crippen LogP contribution in [0.1, 0.15) is 29.7 Å². The third-order valence-electron chi connectivity index (χ3n) is 2.12. The Kier molecular flexibility index (Phi) is 9.43. The summed E-state index contributed by atoms with van der Waals surface area (Å²) in [5, 5.41) is 7.60. The van der Waals surface area contributed by atoms with Gasteiger partial charge in [0, 0.05) is 24.7 Å². The number of unbranched alkanes of at least 4 members (excludes halogenated alkanes) is 1. The van der Waals surface area contributed by atoms with Gasteiger partial charge < -0.3 is 10.6 Å². The van der Waals surface area contributed by atoms with Gasteiger partial charge in [0.2, 0.25) is 0 Å². The van der Waals surface area contributed by atoms with Gasteiger partial charge in [-0.25, -0.2) is 4.98 Å². The smallest absolute Gasteiger partial charge is 0.191 e. The fourth-order valence-electron chi connectivity index (χ4n) is 1.25. The van der Waals surface area contributed by atoms with Crippen molar-refractivity contribution in [1.29, 1.82) is 0 Å². The molecular formula is C11H21IN4S. The Morgan fingerprint density at radius 3 is 2.76 bits per heavy atom. The summed E-state index contributed by atoms with van der Waals surface area (Å²) in [6.07, 6.45) is 4.25. The Labute approximate surface area is 124 Å². The van der Waals surface area contributed by atoms with E-state index in [-0.39, 0.29) is 24.0 Å². The zero-order valence-corrected chi connectivity index (χ0v) is 13.8. The quantitative estimate of drug-likeness (QED) is 0.364. The molecule has 1 aromatic rings. The summed E-state index contributed by atoms with van der Waals surface area (Å²) < 4.78 is 0. The fraction of sp³-hybridized carbons (Fsp3) is 0.636. The van der Waals surface area contributed by atoms with Gasteiger partial charge in [-0.1, -0.05) is 13.3 Å². The highest BCUT2D eigenvalue weighted by Crippen LogP contribution is 2.10. The number of hydrogen-bond acceptors (Lipinski definition) is 3. The Bertz CT molecular complexity index is 338. The van der Waals surface area contributed by atoms with Crippen LogP contribution in [0.5, 0.6) is 0 Å². The Morgan fingerprint density at radius 2 is 2.24 bits per heavy atom. The summed E-state index contributed by atoms with van der Waals surface area (Å²) in [4.78, 5) is 9.69. The number of rotatable bonds is 5. The fourth-order valence-corrected chi connectivity index (χ4v) is 1.97. The van der Waals surface area contributed by atoms with E-state index in [0.717, 1.165) is 30.5 Å². The van der Waals surface area contributed by atoms with Crippen LogP contribution < -0.4 is 10.6 Å². The number of aryl methyl sites for hydroxylation is 1. The average molecular weight is 368 g/mol. The molecule has 6 heteroatoms. The predicted octanol–water partition coefficient (Wildman–Crippen LogP) is 2.53. The molecule has 4 nitrogen and oxygen atoms in total.